The molecular formula is C9H6ClNO5. The van der Waals surface area contributed by atoms with Crippen molar-refractivity contribution < 1.29 is 24.2 Å². The Labute approximate surface area is 94.8 Å². The van der Waals surface area contributed by atoms with Gasteiger partial charge in [0, 0.05) is 5.56 Å². The van der Waals surface area contributed by atoms with E-state index in [4.69, 9.17) is 16.7 Å². The number of hydrogen-bond acceptors (Lipinski definition) is 4. The van der Waals surface area contributed by atoms with Crippen LogP contribution in [0.5, 0.6) is 5.75 Å². The van der Waals surface area contributed by atoms with Crippen LogP contribution in [0, 0.1) is 0 Å². The predicted octanol–water partition coefficient (Wildman–Crippen LogP) is 1.92. The number of rotatable bonds is 2. The van der Waals surface area contributed by atoms with Gasteiger partial charge in [0.1, 0.15) is 5.75 Å². The van der Waals surface area contributed by atoms with Crippen LogP contribution in [-0.4, -0.2) is 23.6 Å². The number of aldehydes is 1. The van der Waals surface area contributed by atoms with E-state index in [0.717, 1.165) is 0 Å². The van der Waals surface area contributed by atoms with Crippen LogP contribution in [0.4, 0.5) is 9.59 Å². The van der Waals surface area contributed by atoms with Gasteiger partial charge in [-0.15, -0.1) is 0 Å². The number of carbonyl (C=O) groups excluding carboxylic acids is 2. The van der Waals surface area contributed by atoms with Crippen molar-refractivity contribution in [1.29, 1.82) is 0 Å². The van der Waals surface area contributed by atoms with Gasteiger partial charge in [-0.25, -0.2) is 14.9 Å². The molecule has 2 amide bonds. The molecule has 1 aromatic rings. The van der Waals surface area contributed by atoms with Crippen LogP contribution in [-0.2, 0) is 0 Å². The minimum Gasteiger partial charge on any atom is -0.465 e. The molecule has 0 saturated heterocycles. The van der Waals surface area contributed by atoms with Crippen molar-refractivity contribution in [2.75, 3.05) is 0 Å². The monoisotopic (exact) mass is 243 g/mol. The Bertz CT molecular complexity index is 446. The fraction of sp³-hybridized carbons (Fsp3) is 0. The van der Waals surface area contributed by atoms with E-state index in [1.807, 2.05) is 0 Å². The molecule has 0 heterocycles. The maximum atomic E-state index is 10.9. The molecular weight excluding hydrogens is 238 g/mol. The lowest BCUT2D eigenvalue weighted by atomic mass is 10.2. The van der Waals surface area contributed by atoms with E-state index < -0.39 is 12.2 Å². The molecule has 0 aliphatic carbocycles. The van der Waals surface area contributed by atoms with Crippen molar-refractivity contribution in [3.05, 3.63) is 28.8 Å². The molecule has 1 aromatic carbocycles. The Balaban J connectivity index is 2.78. The molecule has 0 fully saturated rings. The zero-order chi connectivity index (χ0) is 12.1. The van der Waals surface area contributed by atoms with Crippen LogP contribution in [0.15, 0.2) is 18.2 Å². The van der Waals surface area contributed by atoms with Crippen molar-refractivity contribution in [2.45, 2.75) is 0 Å². The van der Waals surface area contributed by atoms with Gasteiger partial charge in [0.15, 0.2) is 6.29 Å². The van der Waals surface area contributed by atoms with Crippen LogP contribution in [0.3, 0.4) is 0 Å². The first kappa shape index (κ1) is 12.0. The summed E-state index contributed by atoms with van der Waals surface area (Å²) in [5.41, 5.74) is 0.141. The van der Waals surface area contributed by atoms with Crippen LogP contribution in [0.1, 0.15) is 10.4 Å². The maximum absolute atomic E-state index is 10.9. The highest BCUT2D eigenvalue weighted by Crippen LogP contribution is 2.20. The molecule has 0 unspecified atom stereocenters. The second-order valence-corrected chi connectivity index (χ2v) is 3.03. The Morgan fingerprint density at radius 1 is 1.44 bits per heavy atom. The van der Waals surface area contributed by atoms with Crippen LogP contribution in [0.2, 0.25) is 5.02 Å². The number of benzene rings is 1. The molecule has 0 bridgehead atoms. The van der Waals surface area contributed by atoms with Crippen LogP contribution < -0.4 is 10.1 Å². The fourth-order valence-corrected chi connectivity index (χ4v) is 1.06. The number of imide groups is 1. The molecule has 0 spiro atoms. The van der Waals surface area contributed by atoms with Gasteiger partial charge in [-0.1, -0.05) is 11.6 Å². The number of hydrogen-bond donors (Lipinski definition) is 2. The van der Waals surface area contributed by atoms with E-state index in [9.17, 15) is 14.4 Å². The highest BCUT2D eigenvalue weighted by Gasteiger charge is 2.09. The molecule has 84 valence electrons. The van der Waals surface area contributed by atoms with Crippen molar-refractivity contribution in [2.24, 2.45) is 0 Å². The van der Waals surface area contributed by atoms with Crippen LogP contribution in [0.25, 0.3) is 0 Å². The van der Waals surface area contributed by atoms with E-state index in [-0.39, 0.29) is 16.3 Å². The number of amides is 2. The standard InChI is InChI=1S/C9H6ClNO5/c10-7-2-1-6(3-5(7)4-12)16-9(15)11-8(13)14/h1-4H,(H,11,15)(H,13,14). The maximum Gasteiger partial charge on any atom is 0.422 e. The Kier molecular flexibility index (Phi) is 3.84. The topological polar surface area (TPSA) is 92.7 Å². The van der Waals surface area contributed by atoms with E-state index in [1.165, 1.54) is 23.5 Å². The Hall–Kier alpha value is -2.08. The Morgan fingerprint density at radius 2 is 2.12 bits per heavy atom. The minimum atomic E-state index is -1.53. The summed E-state index contributed by atoms with van der Waals surface area (Å²) in [6.45, 7) is 0. The van der Waals surface area contributed by atoms with E-state index in [0.29, 0.717) is 6.29 Å². The lowest BCUT2D eigenvalue weighted by Crippen LogP contribution is -2.31. The molecule has 7 heteroatoms. The first-order valence-corrected chi connectivity index (χ1v) is 4.37. The van der Waals surface area contributed by atoms with Crippen molar-refractivity contribution in [3.63, 3.8) is 0 Å². The second kappa shape index (κ2) is 5.13. The SMILES string of the molecule is O=Cc1cc(OC(=O)NC(=O)O)ccc1Cl. The lowest BCUT2D eigenvalue weighted by Gasteiger charge is -2.04. The normalized spacial score (nSPS) is 9.31. The third kappa shape index (κ3) is 3.25. The fourth-order valence-electron chi connectivity index (χ4n) is 0.896. The van der Waals surface area contributed by atoms with Crippen molar-refractivity contribution in [1.82, 2.24) is 5.32 Å². The van der Waals surface area contributed by atoms with Gasteiger partial charge in [0.25, 0.3) is 0 Å². The third-order valence-corrected chi connectivity index (χ3v) is 1.86. The Morgan fingerprint density at radius 3 is 2.69 bits per heavy atom. The average molecular weight is 244 g/mol. The number of carboxylic acid groups (broad SMARTS) is 1. The molecule has 0 aromatic heterocycles. The summed E-state index contributed by atoms with van der Waals surface area (Å²) in [4.78, 5) is 31.5. The molecule has 16 heavy (non-hydrogen) atoms. The van der Waals surface area contributed by atoms with Gasteiger partial charge in [-0.2, -0.15) is 0 Å². The molecule has 1 rings (SSSR count). The summed E-state index contributed by atoms with van der Waals surface area (Å²) in [7, 11) is 0. The summed E-state index contributed by atoms with van der Waals surface area (Å²) in [5, 5.41) is 9.90. The highest BCUT2D eigenvalue weighted by molar-refractivity contribution is 6.33. The largest absolute Gasteiger partial charge is 0.465 e. The first-order valence-electron chi connectivity index (χ1n) is 3.99. The van der Waals surface area contributed by atoms with E-state index in [2.05, 4.69) is 4.74 Å². The quantitative estimate of drug-likeness (QED) is 0.774. The van der Waals surface area contributed by atoms with E-state index >= 15 is 0 Å². The number of nitrogens with one attached hydrogen (secondary N) is 1. The third-order valence-electron chi connectivity index (χ3n) is 1.51. The molecule has 0 atom stereocenters. The van der Waals surface area contributed by atoms with Gasteiger partial charge in [0.05, 0.1) is 5.02 Å². The summed E-state index contributed by atoms with van der Waals surface area (Å²) in [5.74, 6) is 0.0188. The van der Waals surface area contributed by atoms with Crippen molar-refractivity contribution >= 4 is 30.1 Å². The van der Waals surface area contributed by atoms with E-state index in [1.54, 1.807) is 0 Å². The minimum absolute atomic E-state index is 0.0188. The van der Waals surface area contributed by atoms with Gasteiger partial charge in [-0.05, 0) is 18.2 Å². The zero-order valence-corrected chi connectivity index (χ0v) is 8.52. The summed E-state index contributed by atoms with van der Waals surface area (Å²) >= 11 is 5.64. The van der Waals surface area contributed by atoms with Crippen molar-refractivity contribution in [3.8, 4) is 5.75 Å². The molecule has 6 nitrogen and oxygen atoms in total. The number of carbonyl (C=O) groups is 3. The van der Waals surface area contributed by atoms with Gasteiger partial charge >= 0.3 is 12.2 Å². The average Bonchev–Trinajstić information content (AvgIpc) is 2.19. The number of halogens is 1. The first-order chi connectivity index (χ1) is 7.52. The summed E-state index contributed by atoms with van der Waals surface area (Å²) in [6.07, 6.45) is -2.20. The molecule has 0 aliphatic heterocycles. The molecule has 0 saturated carbocycles. The second-order valence-electron chi connectivity index (χ2n) is 2.62. The highest BCUT2D eigenvalue weighted by atomic mass is 35.5. The van der Waals surface area contributed by atoms with Gasteiger partial charge in [0.2, 0.25) is 0 Å². The molecule has 0 radical (unpaired) electrons. The zero-order valence-electron chi connectivity index (χ0n) is 7.77. The number of ether oxygens (including phenoxy) is 1. The molecule has 0 aliphatic rings. The summed E-state index contributed by atoms with van der Waals surface area (Å²) in [6, 6.07) is 3.90. The van der Waals surface area contributed by atoms with Gasteiger partial charge in [-0.3, -0.25) is 4.79 Å². The molecule has 2 N–H and O–H groups in total. The van der Waals surface area contributed by atoms with Gasteiger partial charge < -0.3 is 9.84 Å². The lowest BCUT2D eigenvalue weighted by molar-refractivity contribution is 0.112. The van der Waals surface area contributed by atoms with Crippen LogP contribution >= 0.6 is 11.6 Å². The smallest absolute Gasteiger partial charge is 0.422 e. The summed E-state index contributed by atoms with van der Waals surface area (Å²) < 4.78 is 4.57. The predicted molar refractivity (Wildman–Crippen MR) is 54.0 cm³/mol.